The number of amides is 2. The molecule has 0 aromatic heterocycles. The van der Waals surface area contributed by atoms with Crippen LogP contribution in [0.25, 0.3) is 11.1 Å². The average molecular weight is 465 g/mol. The Bertz CT molecular complexity index is 1000. The van der Waals surface area contributed by atoms with Gasteiger partial charge in [-0.1, -0.05) is 55.0 Å². The largest absolute Gasteiger partial charge is 0.480 e. The first-order chi connectivity index (χ1) is 16.5. The summed E-state index contributed by atoms with van der Waals surface area (Å²) in [5.74, 6) is -1.03. The second-order valence-electron chi connectivity index (χ2n) is 9.11. The van der Waals surface area contributed by atoms with Crippen molar-refractivity contribution in [1.82, 2.24) is 10.2 Å². The third kappa shape index (κ3) is 5.41. The summed E-state index contributed by atoms with van der Waals surface area (Å²) >= 11 is 0. The number of nitrogens with zero attached hydrogens (tertiary/aromatic N) is 1. The summed E-state index contributed by atoms with van der Waals surface area (Å²) in [6, 6.07) is 15.7. The zero-order valence-electron chi connectivity index (χ0n) is 19.5. The zero-order valence-corrected chi connectivity index (χ0v) is 19.5. The van der Waals surface area contributed by atoms with E-state index in [0.717, 1.165) is 25.7 Å². The number of hydrogen-bond donors (Lipinski definition) is 2. The van der Waals surface area contributed by atoms with E-state index < -0.39 is 18.1 Å². The Morgan fingerprint density at radius 3 is 2.21 bits per heavy atom. The lowest BCUT2D eigenvalue weighted by molar-refractivity contribution is -0.150. The van der Waals surface area contributed by atoms with Crippen LogP contribution in [0.15, 0.2) is 48.5 Å². The molecular formula is C27H32N2O5. The summed E-state index contributed by atoms with van der Waals surface area (Å²) in [5.41, 5.74) is 4.75. The van der Waals surface area contributed by atoms with Gasteiger partial charge in [0.2, 0.25) is 5.91 Å². The summed E-state index contributed by atoms with van der Waals surface area (Å²) in [6.07, 6.45) is 3.83. The number of unbranched alkanes of at least 4 members (excludes halogenated alkanes) is 2. The molecule has 1 fully saturated rings. The Morgan fingerprint density at radius 2 is 1.62 bits per heavy atom. The molecule has 7 heteroatoms. The van der Waals surface area contributed by atoms with Crippen LogP contribution in [0.5, 0.6) is 0 Å². The third-order valence-electron chi connectivity index (χ3n) is 6.68. The molecule has 34 heavy (non-hydrogen) atoms. The van der Waals surface area contributed by atoms with Crippen molar-refractivity contribution < 1.29 is 24.2 Å². The van der Waals surface area contributed by atoms with Gasteiger partial charge in [-0.25, -0.2) is 9.59 Å². The predicted molar refractivity (Wildman–Crippen MR) is 129 cm³/mol. The highest BCUT2D eigenvalue weighted by Gasteiger charge is 2.37. The molecule has 4 rings (SSSR count). The van der Waals surface area contributed by atoms with Crippen LogP contribution in [0.1, 0.15) is 62.5 Å². The molecule has 180 valence electrons. The van der Waals surface area contributed by atoms with Crippen molar-refractivity contribution in [3.8, 4) is 11.1 Å². The zero-order chi connectivity index (χ0) is 24.1. The van der Waals surface area contributed by atoms with Gasteiger partial charge in [0.1, 0.15) is 12.6 Å². The van der Waals surface area contributed by atoms with Gasteiger partial charge < -0.3 is 20.1 Å². The van der Waals surface area contributed by atoms with Crippen LogP contribution in [0.3, 0.4) is 0 Å². The Morgan fingerprint density at radius 1 is 1.00 bits per heavy atom. The van der Waals surface area contributed by atoms with E-state index in [-0.39, 0.29) is 24.5 Å². The minimum absolute atomic E-state index is 0.0340. The molecule has 2 aliphatic rings. The van der Waals surface area contributed by atoms with Gasteiger partial charge in [-0.15, -0.1) is 0 Å². The molecule has 7 nitrogen and oxygen atoms in total. The Labute approximate surface area is 200 Å². The SMILES string of the molecule is CC(C(=O)O)N(C(=O)CCCCCNC(=O)OCC1c2ccccc2-c2ccccc21)C1CC1. The molecular weight excluding hydrogens is 432 g/mol. The van der Waals surface area contributed by atoms with Crippen LogP contribution in [-0.2, 0) is 14.3 Å². The second kappa shape index (κ2) is 10.7. The summed E-state index contributed by atoms with van der Waals surface area (Å²) < 4.78 is 5.53. The van der Waals surface area contributed by atoms with Crippen LogP contribution in [0.2, 0.25) is 0 Å². The number of benzene rings is 2. The minimum atomic E-state index is -0.965. The van der Waals surface area contributed by atoms with E-state index in [9.17, 15) is 19.5 Å². The molecule has 0 saturated heterocycles. The highest BCUT2D eigenvalue weighted by atomic mass is 16.5. The van der Waals surface area contributed by atoms with E-state index in [1.165, 1.54) is 27.2 Å². The molecule has 1 saturated carbocycles. The quantitative estimate of drug-likeness (QED) is 0.476. The van der Waals surface area contributed by atoms with Crippen molar-refractivity contribution in [3.05, 3.63) is 59.7 Å². The molecule has 2 amide bonds. The average Bonchev–Trinajstić information content (AvgIpc) is 3.62. The van der Waals surface area contributed by atoms with Crippen molar-refractivity contribution in [2.45, 2.75) is 63.5 Å². The number of fused-ring (bicyclic) bond motifs is 3. The second-order valence-corrected chi connectivity index (χ2v) is 9.11. The monoisotopic (exact) mass is 464 g/mol. The molecule has 2 aliphatic carbocycles. The molecule has 1 unspecified atom stereocenters. The van der Waals surface area contributed by atoms with Gasteiger partial charge >= 0.3 is 12.1 Å². The maximum Gasteiger partial charge on any atom is 0.407 e. The summed E-state index contributed by atoms with van der Waals surface area (Å²) in [4.78, 5) is 37.5. The molecule has 0 bridgehead atoms. The Kier molecular flexibility index (Phi) is 7.50. The summed E-state index contributed by atoms with van der Waals surface area (Å²) in [7, 11) is 0. The number of alkyl carbamates (subject to hydrolysis) is 1. The molecule has 2 N–H and O–H groups in total. The fraction of sp³-hybridized carbons (Fsp3) is 0.444. The normalized spacial score (nSPS) is 15.2. The minimum Gasteiger partial charge on any atom is -0.480 e. The first kappa shape index (κ1) is 23.8. The van der Waals surface area contributed by atoms with Gasteiger partial charge in [-0.3, -0.25) is 4.79 Å². The first-order valence-electron chi connectivity index (χ1n) is 12.1. The standard InChI is InChI=1S/C27H32N2O5/c1-18(26(31)32)29(19-14-15-19)25(30)13-3-2-8-16-28-27(33)34-17-24-22-11-6-4-9-20(22)21-10-5-7-12-23(21)24/h4-7,9-12,18-19,24H,2-3,8,13-17H2,1H3,(H,28,33)(H,31,32). The first-order valence-corrected chi connectivity index (χ1v) is 12.1. The lowest BCUT2D eigenvalue weighted by atomic mass is 9.98. The fourth-order valence-electron chi connectivity index (χ4n) is 4.75. The number of carboxylic acid groups (broad SMARTS) is 1. The topological polar surface area (TPSA) is 95.9 Å². The molecule has 0 aliphatic heterocycles. The predicted octanol–water partition coefficient (Wildman–Crippen LogP) is 4.55. The fourth-order valence-corrected chi connectivity index (χ4v) is 4.75. The molecule has 0 spiro atoms. The molecule has 1 atom stereocenters. The van der Waals surface area contributed by atoms with Gasteiger partial charge in [-0.05, 0) is 54.9 Å². The lowest BCUT2D eigenvalue weighted by Crippen LogP contribution is -2.44. The highest BCUT2D eigenvalue weighted by molar-refractivity contribution is 5.84. The van der Waals surface area contributed by atoms with Crippen LogP contribution >= 0.6 is 0 Å². The van der Waals surface area contributed by atoms with Crippen molar-refractivity contribution >= 4 is 18.0 Å². The molecule has 0 heterocycles. The van der Waals surface area contributed by atoms with Gasteiger partial charge in [0.15, 0.2) is 0 Å². The van der Waals surface area contributed by atoms with E-state index in [0.29, 0.717) is 19.4 Å². The highest BCUT2D eigenvalue weighted by Crippen LogP contribution is 2.44. The van der Waals surface area contributed by atoms with E-state index in [1.54, 1.807) is 6.92 Å². The Hall–Kier alpha value is -3.35. The van der Waals surface area contributed by atoms with Gasteiger partial charge in [0.25, 0.3) is 0 Å². The van der Waals surface area contributed by atoms with Gasteiger partial charge in [-0.2, -0.15) is 0 Å². The summed E-state index contributed by atoms with van der Waals surface area (Å²) in [5, 5.41) is 12.0. The van der Waals surface area contributed by atoms with Gasteiger partial charge in [0, 0.05) is 24.9 Å². The number of carbonyl (C=O) groups excluding carboxylic acids is 2. The third-order valence-corrected chi connectivity index (χ3v) is 6.68. The van der Waals surface area contributed by atoms with E-state index in [1.807, 2.05) is 24.3 Å². The number of nitrogens with one attached hydrogen (secondary N) is 1. The van der Waals surface area contributed by atoms with Crippen LogP contribution in [-0.4, -0.2) is 53.2 Å². The van der Waals surface area contributed by atoms with Crippen LogP contribution in [0.4, 0.5) is 4.79 Å². The molecule has 2 aromatic carbocycles. The van der Waals surface area contributed by atoms with Crippen molar-refractivity contribution in [1.29, 1.82) is 0 Å². The number of rotatable bonds is 11. The number of carboxylic acids is 1. The molecule has 2 aromatic rings. The molecule has 0 radical (unpaired) electrons. The lowest BCUT2D eigenvalue weighted by Gasteiger charge is -2.26. The summed E-state index contributed by atoms with van der Waals surface area (Å²) in [6.45, 7) is 2.33. The number of carbonyl (C=O) groups is 3. The maximum atomic E-state index is 12.5. The van der Waals surface area contributed by atoms with Crippen molar-refractivity contribution in [3.63, 3.8) is 0 Å². The van der Waals surface area contributed by atoms with Gasteiger partial charge in [0.05, 0.1) is 0 Å². The van der Waals surface area contributed by atoms with Crippen molar-refractivity contribution in [2.24, 2.45) is 0 Å². The number of hydrogen-bond acceptors (Lipinski definition) is 4. The Balaban J connectivity index is 1.15. The van der Waals surface area contributed by atoms with E-state index in [2.05, 4.69) is 29.6 Å². The number of aliphatic carboxylic acids is 1. The number of ether oxygens (including phenoxy) is 1. The van der Waals surface area contributed by atoms with E-state index in [4.69, 9.17) is 4.74 Å². The van der Waals surface area contributed by atoms with E-state index >= 15 is 0 Å². The maximum absolute atomic E-state index is 12.5. The van der Waals surface area contributed by atoms with Crippen LogP contribution in [0, 0.1) is 0 Å². The van der Waals surface area contributed by atoms with Crippen LogP contribution < -0.4 is 5.32 Å². The van der Waals surface area contributed by atoms with Crippen molar-refractivity contribution in [2.75, 3.05) is 13.2 Å². The smallest absolute Gasteiger partial charge is 0.407 e.